The number of hydrogen-bond acceptors (Lipinski definition) is 6. The van der Waals surface area contributed by atoms with Gasteiger partial charge < -0.3 is 19.7 Å². The lowest BCUT2D eigenvalue weighted by Crippen LogP contribution is -2.21. The van der Waals surface area contributed by atoms with Crippen molar-refractivity contribution in [3.8, 4) is 11.1 Å². The number of allylic oxidation sites excluding steroid dienone is 1. The van der Waals surface area contributed by atoms with Crippen molar-refractivity contribution in [2.24, 2.45) is 0 Å². The second kappa shape index (κ2) is 13.9. The first kappa shape index (κ1) is 27.6. The van der Waals surface area contributed by atoms with Gasteiger partial charge in [0.25, 0.3) is 6.08 Å². The largest absolute Gasteiger partial charge is 0.461 e. The first-order chi connectivity index (χ1) is 16.7. The van der Waals surface area contributed by atoms with Gasteiger partial charge in [-0.3, -0.25) is 0 Å². The molecule has 0 fully saturated rings. The zero-order chi connectivity index (χ0) is 25.8. The number of halogens is 2. The zero-order valence-electron chi connectivity index (χ0n) is 19.2. The molecule has 0 unspecified atom stereocenters. The fraction of sp³-hybridized carbons (Fsp3) is 0.259. The van der Waals surface area contributed by atoms with E-state index in [1.54, 1.807) is 0 Å². The number of rotatable bonds is 13. The van der Waals surface area contributed by atoms with Crippen LogP contribution in [0.2, 0.25) is 0 Å². The molecule has 0 aromatic heterocycles. The Kier molecular flexibility index (Phi) is 11.0. The Morgan fingerprint density at radius 1 is 0.829 bits per heavy atom. The van der Waals surface area contributed by atoms with Crippen LogP contribution >= 0.6 is 0 Å². The van der Waals surface area contributed by atoms with Gasteiger partial charge in [-0.1, -0.05) is 61.7 Å². The topological polar surface area (TPSA) is 93.1 Å². The summed E-state index contributed by atoms with van der Waals surface area (Å²) >= 11 is 0. The SMILES string of the molecule is C=C(CO)C(=O)OCC(COC(=O)C(=C)CO)c1ccc(-c2ccc(CCC=C(F)F)cc2)cc1. The minimum absolute atomic E-state index is 0.0981. The molecule has 0 spiro atoms. The maximum atomic E-state index is 12.2. The van der Waals surface area contributed by atoms with Gasteiger partial charge >= 0.3 is 11.9 Å². The Morgan fingerprint density at radius 3 is 1.71 bits per heavy atom. The Labute approximate surface area is 202 Å². The van der Waals surface area contributed by atoms with Crippen LogP contribution in [0.25, 0.3) is 11.1 Å². The lowest BCUT2D eigenvalue weighted by Gasteiger charge is -2.18. The highest BCUT2D eigenvalue weighted by atomic mass is 19.3. The Morgan fingerprint density at radius 2 is 1.29 bits per heavy atom. The van der Waals surface area contributed by atoms with Crippen LogP contribution in [-0.2, 0) is 25.5 Å². The summed E-state index contributed by atoms with van der Waals surface area (Å²) in [6.45, 7) is 5.52. The number of aliphatic hydroxyl groups excluding tert-OH is 2. The quantitative estimate of drug-likeness (QED) is 0.323. The van der Waals surface area contributed by atoms with E-state index in [0.29, 0.717) is 6.42 Å². The van der Waals surface area contributed by atoms with Gasteiger partial charge in [0.15, 0.2) is 0 Å². The molecule has 0 saturated carbocycles. The second-order valence-corrected chi connectivity index (χ2v) is 7.77. The summed E-state index contributed by atoms with van der Waals surface area (Å²) in [6.07, 6.45) is 0.00335. The van der Waals surface area contributed by atoms with E-state index in [2.05, 4.69) is 13.2 Å². The van der Waals surface area contributed by atoms with Gasteiger partial charge in [0.2, 0.25) is 0 Å². The summed E-state index contributed by atoms with van der Waals surface area (Å²) in [5, 5.41) is 18.1. The van der Waals surface area contributed by atoms with Crippen molar-refractivity contribution in [1.29, 1.82) is 0 Å². The van der Waals surface area contributed by atoms with Crippen molar-refractivity contribution >= 4 is 11.9 Å². The number of hydrogen-bond donors (Lipinski definition) is 2. The molecule has 186 valence electrons. The van der Waals surface area contributed by atoms with Gasteiger partial charge in [0.05, 0.1) is 30.3 Å². The van der Waals surface area contributed by atoms with Crippen LogP contribution in [0.5, 0.6) is 0 Å². The van der Waals surface area contributed by atoms with Gasteiger partial charge in [0.1, 0.15) is 13.2 Å². The summed E-state index contributed by atoms with van der Waals surface area (Å²) in [6, 6.07) is 14.9. The standard InChI is InChI=1S/C27H28F2O6/c1-18(14-30)26(32)34-16-24(17-35-27(33)19(2)15-31)23-12-10-22(11-13-23)21-8-6-20(7-9-21)4-3-5-25(28)29/h5-13,24,30-31H,1-4,14-17H2. The molecule has 0 aliphatic rings. The highest BCUT2D eigenvalue weighted by molar-refractivity contribution is 5.88. The van der Waals surface area contributed by atoms with Gasteiger partial charge in [-0.2, -0.15) is 8.78 Å². The van der Waals surface area contributed by atoms with E-state index in [0.717, 1.165) is 28.3 Å². The number of esters is 2. The molecule has 2 aromatic rings. The smallest absolute Gasteiger partial charge is 0.335 e. The van der Waals surface area contributed by atoms with E-state index in [1.165, 1.54) is 0 Å². The van der Waals surface area contributed by atoms with Crippen molar-refractivity contribution < 1.29 is 38.1 Å². The number of aliphatic hydroxyl groups is 2. The van der Waals surface area contributed by atoms with E-state index in [4.69, 9.17) is 19.7 Å². The monoisotopic (exact) mass is 486 g/mol. The molecule has 2 aromatic carbocycles. The fourth-order valence-electron chi connectivity index (χ4n) is 3.09. The van der Waals surface area contributed by atoms with Crippen LogP contribution in [-0.4, -0.2) is 48.6 Å². The average molecular weight is 487 g/mol. The summed E-state index contributed by atoms with van der Waals surface area (Å²) in [5.41, 5.74) is 3.32. The molecule has 2 rings (SSSR count). The predicted molar refractivity (Wildman–Crippen MR) is 128 cm³/mol. The summed E-state index contributed by atoms with van der Waals surface area (Å²) in [5.74, 6) is -2.03. The molecule has 0 radical (unpaired) electrons. The third kappa shape index (κ3) is 8.92. The van der Waals surface area contributed by atoms with Crippen molar-refractivity contribution in [2.45, 2.75) is 18.8 Å². The molecule has 2 N–H and O–H groups in total. The van der Waals surface area contributed by atoms with Crippen molar-refractivity contribution in [3.63, 3.8) is 0 Å². The molecule has 0 aliphatic heterocycles. The lowest BCUT2D eigenvalue weighted by molar-refractivity contribution is -0.142. The highest BCUT2D eigenvalue weighted by Crippen LogP contribution is 2.25. The number of ether oxygens (including phenoxy) is 2. The molecule has 0 aliphatic carbocycles. The Hall–Kier alpha value is -3.62. The van der Waals surface area contributed by atoms with Crippen molar-refractivity contribution in [2.75, 3.05) is 26.4 Å². The van der Waals surface area contributed by atoms with E-state index in [-0.39, 0.29) is 30.8 Å². The zero-order valence-corrected chi connectivity index (χ0v) is 19.2. The van der Waals surface area contributed by atoms with Crippen LogP contribution in [0.1, 0.15) is 23.5 Å². The van der Waals surface area contributed by atoms with E-state index < -0.39 is 37.2 Å². The summed E-state index contributed by atoms with van der Waals surface area (Å²) in [7, 11) is 0. The van der Waals surface area contributed by atoms with Gasteiger partial charge in [-0.05, 0) is 41.2 Å². The first-order valence-electron chi connectivity index (χ1n) is 10.9. The van der Waals surface area contributed by atoms with Crippen LogP contribution < -0.4 is 0 Å². The molecule has 0 bridgehead atoms. The molecule has 0 amide bonds. The number of carbonyl (C=O) groups excluding carboxylic acids is 2. The molecular formula is C27H28F2O6. The maximum Gasteiger partial charge on any atom is 0.335 e. The minimum atomic E-state index is -1.68. The van der Waals surface area contributed by atoms with E-state index in [1.807, 2.05) is 48.5 Å². The summed E-state index contributed by atoms with van der Waals surface area (Å²) < 4.78 is 34.7. The Bertz CT molecular complexity index is 1020. The van der Waals surface area contributed by atoms with Crippen LogP contribution in [0.3, 0.4) is 0 Å². The maximum absolute atomic E-state index is 12.2. The number of carbonyl (C=O) groups is 2. The number of aryl methyl sites for hydroxylation is 1. The molecule has 6 nitrogen and oxygen atoms in total. The molecule has 0 heterocycles. The molecule has 0 atom stereocenters. The molecular weight excluding hydrogens is 458 g/mol. The van der Waals surface area contributed by atoms with Crippen molar-refractivity contribution in [3.05, 3.63) is 96.1 Å². The van der Waals surface area contributed by atoms with Gasteiger partial charge in [0, 0.05) is 0 Å². The summed E-state index contributed by atoms with van der Waals surface area (Å²) in [4.78, 5) is 23.8. The normalized spacial score (nSPS) is 10.5. The third-order valence-electron chi connectivity index (χ3n) is 5.19. The third-order valence-corrected chi connectivity index (χ3v) is 5.19. The van der Waals surface area contributed by atoms with Gasteiger partial charge in [-0.15, -0.1) is 0 Å². The molecule has 0 saturated heterocycles. The van der Waals surface area contributed by atoms with Crippen LogP contribution in [0, 0.1) is 0 Å². The number of benzene rings is 2. The fourth-order valence-corrected chi connectivity index (χ4v) is 3.09. The Balaban J connectivity index is 2.12. The molecule has 8 heteroatoms. The van der Waals surface area contributed by atoms with Crippen LogP contribution in [0.4, 0.5) is 8.78 Å². The average Bonchev–Trinajstić information content (AvgIpc) is 2.87. The first-order valence-corrected chi connectivity index (χ1v) is 10.9. The van der Waals surface area contributed by atoms with E-state index in [9.17, 15) is 18.4 Å². The van der Waals surface area contributed by atoms with Crippen molar-refractivity contribution in [1.82, 2.24) is 0 Å². The minimum Gasteiger partial charge on any atom is -0.461 e. The van der Waals surface area contributed by atoms with E-state index >= 15 is 0 Å². The molecule has 35 heavy (non-hydrogen) atoms. The lowest BCUT2D eigenvalue weighted by atomic mass is 9.96. The van der Waals surface area contributed by atoms with Gasteiger partial charge in [-0.25, -0.2) is 9.59 Å². The second-order valence-electron chi connectivity index (χ2n) is 7.77. The van der Waals surface area contributed by atoms with Crippen LogP contribution in [0.15, 0.2) is 85.0 Å². The highest BCUT2D eigenvalue weighted by Gasteiger charge is 2.19. The predicted octanol–water partition coefficient (Wildman–Crippen LogP) is 4.33.